The summed E-state index contributed by atoms with van der Waals surface area (Å²) in [7, 11) is 0. The molecule has 0 aliphatic carbocycles. The Morgan fingerprint density at radius 3 is 1.36 bits per heavy atom. The van der Waals surface area contributed by atoms with Gasteiger partial charge in [-0.15, -0.1) is 0 Å². The van der Waals surface area contributed by atoms with Crippen molar-refractivity contribution in [2.75, 3.05) is 6.61 Å². The second-order valence-corrected chi connectivity index (χ2v) is 9.59. The maximum atomic E-state index is 6.55. The molecule has 0 aromatic heterocycles. The topological polar surface area (TPSA) is 46.2 Å². The minimum atomic E-state index is -0.417. The first-order valence-corrected chi connectivity index (χ1v) is 13.4. The van der Waals surface area contributed by atoms with Crippen LogP contribution in [0.2, 0.25) is 0 Å². The molecule has 4 aromatic rings. The number of benzene rings is 4. The molecule has 5 nitrogen and oxygen atoms in total. The Balaban J connectivity index is 1.32. The van der Waals surface area contributed by atoms with Gasteiger partial charge in [-0.05, 0) is 22.3 Å². The highest BCUT2D eigenvalue weighted by molar-refractivity contribution is 5.16. The number of ether oxygens (including phenoxy) is 5. The van der Waals surface area contributed by atoms with Gasteiger partial charge >= 0.3 is 0 Å². The van der Waals surface area contributed by atoms with Crippen LogP contribution in [0.5, 0.6) is 0 Å². The largest absolute Gasteiger partial charge is 0.374 e. The summed E-state index contributed by atoms with van der Waals surface area (Å²) in [6.07, 6.45) is -1.57. The first-order valence-electron chi connectivity index (χ1n) is 13.4. The van der Waals surface area contributed by atoms with Gasteiger partial charge in [-0.3, -0.25) is 0 Å². The summed E-state index contributed by atoms with van der Waals surface area (Å²) in [5.41, 5.74) is 4.37. The lowest BCUT2D eigenvalue weighted by Gasteiger charge is -2.41. The van der Waals surface area contributed by atoms with E-state index in [1.807, 2.05) is 84.9 Å². The van der Waals surface area contributed by atoms with Crippen molar-refractivity contribution in [3.8, 4) is 0 Å². The molecule has 1 aliphatic heterocycles. The van der Waals surface area contributed by atoms with E-state index in [9.17, 15) is 0 Å². The minimum absolute atomic E-state index is 0.352. The van der Waals surface area contributed by atoms with Gasteiger partial charge in [0.05, 0.1) is 33.0 Å². The van der Waals surface area contributed by atoms with Gasteiger partial charge in [0, 0.05) is 0 Å². The molecule has 1 fully saturated rings. The predicted molar refractivity (Wildman–Crippen MR) is 150 cm³/mol. The first kappa shape index (κ1) is 27.3. The lowest BCUT2D eigenvalue weighted by molar-refractivity contribution is -0.227. The molecule has 5 heteroatoms. The Morgan fingerprint density at radius 1 is 0.462 bits per heavy atom. The molecule has 4 aromatic carbocycles. The highest BCUT2D eigenvalue weighted by atomic mass is 16.6. The van der Waals surface area contributed by atoms with E-state index < -0.39 is 18.3 Å². The molecule has 1 aliphatic rings. The van der Waals surface area contributed by atoms with Gasteiger partial charge in [0.1, 0.15) is 31.0 Å². The van der Waals surface area contributed by atoms with E-state index in [2.05, 4.69) is 36.4 Å². The van der Waals surface area contributed by atoms with Gasteiger partial charge in [-0.1, -0.05) is 121 Å². The lowest BCUT2D eigenvalue weighted by Crippen LogP contribution is -2.55. The monoisotopic (exact) mass is 523 g/mol. The van der Waals surface area contributed by atoms with E-state index in [0.717, 1.165) is 22.3 Å². The van der Waals surface area contributed by atoms with Crippen LogP contribution in [0.1, 0.15) is 22.3 Å². The van der Waals surface area contributed by atoms with Crippen LogP contribution in [-0.4, -0.2) is 31.0 Å². The summed E-state index contributed by atoms with van der Waals surface area (Å²) < 4.78 is 31.8. The van der Waals surface area contributed by atoms with Crippen LogP contribution in [0, 0.1) is 6.61 Å². The normalized spacial score (nSPS) is 21.0. The molecule has 0 N–H and O–H groups in total. The molecule has 0 amide bonds. The van der Waals surface area contributed by atoms with E-state index in [1.54, 1.807) is 6.61 Å². The van der Waals surface area contributed by atoms with Gasteiger partial charge in [0.25, 0.3) is 0 Å². The summed E-state index contributed by atoms with van der Waals surface area (Å²) in [6.45, 7) is 3.92. The predicted octanol–water partition coefficient (Wildman–Crippen LogP) is 6.52. The number of hydrogen-bond donors (Lipinski definition) is 0. The summed E-state index contributed by atoms with van der Waals surface area (Å²) in [6, 6.07) is 40.5. The summed E-state index contributed by atoms with van der Waals surface area (Å²) in [5, 5.41) is 0. The second-order valence-electron chi connectivity index (χ2n) is 9.59. The zero-order valence-electron chi connectivity index (χ0n) is 22.0. The van der Waals surface area contributed by atoms with Crippen molar-refractivity contribution in [3.05, 3.63) is 150 Å². The molecule has 4 atom stereocenters. The van der Waals surface area contributed by atoms with E-state index in [0.29, 0.717) is 33.0 Å². The van der Waals surface area contributed by atoms with Gasteiger partial charge in [-0.25, -0.2) is 0 Å². The summed E-state index contributed by atoms with van der Waals surface area (Å²) in [5.74, 6) is 0. The van der Waals surface area contributed by atoms with Crippen LogP contribution in [0.15, 0.2) is 121 Å². The molecule has 0 spiro atoms. The third kappa shape index (κ3) is 8.33. The third-order valence-corrected chi connectivity index (χ3v) is 6.65. The van der Waals surface area contributed by atoms with Gasteiger partial charge in [-0.2, -0.15) is 0 Å². The Bertz CT molecular complexity index is 1200. The Kier molecular flexibility index (Phi) is 10.3. The molecule has 201 valence electrons. The molecule has 39 heavy (non-hydrogen) atoms. The summed E-state index contributed by atoms with van der Waals surface area (Å²) >= 11 is 0. The highest BCUT2D eigenvalue weighted by Gasteiger charge is 2.43. The highest BCUT2D eigenvalue weighted by Crippen LogP contribution is 2.29. The SMILES string of the molecule is [CH]1O[C@H](COCc2ccccc2)[C@@H](OCc2ccccc2)[C@H](OCc2ccccc2)[C@H]1OCc1ccccc1. The maximum absolute atomic E-state index is 6.55. The molecule has 0 unspecified atom stereocenters. The van der Waals surface area contributed by atoms with Crippen molar-refractivity contribution >= 4 is 0 Å². The minimum Gasteiger partial charge on any atom is -0.374 e. The van der Waals surface area contributed by atoms with Gasteiger partial charge < -0.3 is 23.7 Å². The van der Waals surface area contributed by atoms with Crippen molar-refractivity contribution in [2.45, 2.75) is 50.8 Å². The Hall–Kier alpha value is -3.32. The van der Waals surface area contributed by atoms with Crippen molar-refractivity contribution in [3.63, 3.8) is 0 Å². The van der Waals surface area contributed by atoms with Crippen LogP contribution in [0.4, 0.5) is 0 Å². The molecule has 5 rings (SSSR count). The standard InChI is InChI=1S/C34H35O5/c1-5-13-27(14-6-1)21-35-25-31-33(38-23-29-17-9-3-10-18-29)34(39-24-30-19-11-4-12-20-30)32(26-37-31)36-22-28-15-7-2-8-16-28/h1-20,26,31-34H,21-25H2/t31-,32+,33-,34-/m1/s1. The van der Waals surface area contributed by atoms with Crippen molar-refractivity contribution in [1.29, 1.82) is 0 Å². The number of rotatable bonds is 13. The second kappa shape index (κ2) is 14.7. The lowest BCUT2D eigenvalue weighted by atomic mass is 9.99. The maximum Gasteiger partial charge on any atom is 0.116 e. The van der Waals surface area contributed by atoms with Crippen molar-refractivity contribution in [1.82, 2.24) is 0 Å². The van der Waals surface area contributed by atoms with E-state index in [4.69, 9.17) is 23.7 Å². The average molecular weight is 524 g/mol. The van der Waals surface area contributed by atoms with Crippen LogP contribution >= 0.6 is 0 Å². The first-order chi connectivity index (χ1) is 19.3. The summed E-state index contributed by atoms with van der Waals surface area (Å²) in [4.78, 5) is 0. The van der Waals surface area contributed by atoms with Crippen molar-refractivity contribution in [2.24, 2.45) is 0 Å². The van der Waals surface area contributed by atoms with Crippen LogP contribution < -0.4 is 0 Å². The van der Waals surface area contributed by atoms with Crippen LogP contribution in [0.3, 0.4) is 0 Å². The average Bonchev–Trinajstić information content (AvgIpc) is 3.00. The zero-order chi connectivity index (χ0) is 26.5. The molecular weight excluding hydrogens is 488 g/mol. The fourth-order valence-corrected chi connectivity index (χ4v) is 4.56. The zero-order valence-corrected chi connectivity index (χ0v) is 22.0. The molecule has 0 saturated carbocycles. The molecule has 1 heterocycles. The Morgan fingerprint density at radius 2 is 0.872 bits per heavy atom. The molecule has 1 radical (unpaired) electrons. The molecule has 0 bridgehead atoms. The number of hydrogen-bond acceptors (Lipinski definition) is 5. The smallest absolute Gasteiger partial charge is 0.116 e. The Labute approximate surface area is 231 Å². The van der Waals surface area contributed by atoms with Crippen molar-refractivity contribution < 1.29 is 23.7 Å². The fraction of sp³-hybridized carbons (Fsp3) is 0.265. The van der Waals surface area contributed by atoms with Gasteiger partial charge in [0.2, 0.25) is 0 Å². The quantitative estimate of drug-likeness (QED) is 0.200. The molecular formula is C34H35O5. The fourth-order valence-electron chi connectivity index (χ4n) is 4.56. The van der Waals surface area contributed by atoms with E-state index in [-0.39, 0.29) is 6.10 Å². The van der Waals surface area contributed by atoms with Crippen LogP contribution in [0.25, 0.3) is 0 Å². The third-order valence-electron chi connectivity index (χ3n) is 6.65. The molecule has 1 saturated heterocycles. The van der Waals surface area contributed by atoms with Gasteiger partial charge in [0.15, 0.2) is 0 Å². The van der Waals surface area contributed by atoms with E-state index >= 15 is 0 Å². The van der Waals surface area contributed by atoms with Crippen LogP contribution in [-0.2, 0) is 50.1 Å². The van der Waals surface area contributed by atoms with E-state index in [1.165, 1.54) is 0 Å².